The van der Waals surface area contributed by atoms with Gasteiger partial charge in [-0.1, -0.05) is 12.1 Å². The third kappa shape index (κ3) is 3.50. The van der Waals surface area contributed by atoms with E-state index in [9.17, 15) is 18.8 Å². The van der Waals surface area contributed by atoms with Crippen molar-refractivity contribution in [1.82, 2.24) is 15.1 Å². The molecule has 2 aliphatic rings. The van der Waals surface area contributed by atoms with Crippen molar-refractivity contribution < 1.29 is 18.8 Å². The number of carbonyl (C=O) groups is 3. The molecule has 8 heteroatoms. The zero-order valence-corrected chi connectivity index (χ0v) is 16.1. The third-order valence-corrected chi connectivity index (χ3v) is 5.67. The number of urea groups is 1. The number of imide groups is 1. The maximum absolute atomic E-state index is 13.1. The van der Waals surface area contributed by atoms with Crippen molar-refractivity contribution >= 4 is 17.8 Å². The Morgan fingerprint density at radius 3 is 2.30 bits per heavy atom. The average molecular weight is 406 g/mol. The summed E-state index contributed by atoms with van der Waals surface area (Å²) in [7, 11) is 0. The van der Waals surface area contributed by atoms with Gasteiger partial charge in [0.2, 0.25) is 0 Å². The molecule has 2 fully saturated rings. The van der Waals surface area contributed by atoms with Gasteiger partial charge in [0.15, 0.2) is 0 Å². The lowest BCUT2D eigenvalue weighted by molar-refractivity contribution is -0.133. The molecule has 0 saturated carbocycles. The summed E-state index contributed by atoms with van der Waals surface area (Å²) in [5.41, 5.74) is 0.596. The van der Waals surface area contributed by atoms with Gasteiger partial charge >= 0.3 is 6.03 Å². The summed E-state index contributed by atoms with van der Waals surface area (Å²) in [6.07, 6.45) is 0.638. The van der Waals surface area contributed by atoms with Crippen LogP contribution in [0.2, 0.25) is 0 Å². The fourth-order valence-corrected chi connectivity index (χ4v) is 3.89. The first-order valence-electron chi connectivity index (χ1n) is 9.60. The lowest BCUT2D eigenvalue weighted by Gasteiger charge is -2.37. The minimum Gasteiger partial charge on any atom is -0.338 e. The molecule has 4 amide bonds. The molecule has 0 atom stereocenters. The highest BCUT2D eigenvalue weighted by molar-refractivity contribution is 6.07. The van der Waals surface area contributed by atoms with Crippen LogP contribution in [0, 0.1) is 17.1 Å². The molecule has 2 aliphatic heterocycles. The topological polar surface area (TPSA) is 93.5 Å². The van der Waals surface area contributed by atoms with Crippen LogP contribution in [0.25, 0.3) is 0 Å². The molecule has 30 heavy (non-hydrogen) atoms. The second-order valence-electron chi connectivity index (χ2n) is 7.51. The lowest BCUT2D eigenvalue weighted by atomic mass is 9.87. The molecule has 2 saturated heterocycles. The molecule has 0 aromatic heterocycles. The van der Waals surface area contributed by atoms with Gasteiger partial charge in [0.1, 0.15) is 11.4 Å². The van der Waals surface area contributed by atoms with Crippen LogP contribution in [0.4, 0.5) is 9.18 Å². The number of nitrogens with one attached hydrogen (secondary N) is 1. The molecule has 0 aliphatic carbocycles. The SMILES string of the molecule is N#Cc1ccc(C(=O)N2CCC3(CC2)NC(=O)N(Cc2ccc(F)cc2)C3=O)cc1. The predicted octanol–water partition coefficient (Wildman–Crippen LogP) is 2.42. The van der Waals surface area contributed by atoms with Gasteiger partial charge in [0.05, 0.1) is 18.2 Å². The standard InChI is InChI=1S/C22H19FN4O3/c23-18-7-3-16(4-8-18)14-27-20(29)22(25-21(27)30)9-11-26(12-10-22)19(28)17-5-1-15(13-24)2-6-17/h1-8H,9-12,14H2,(H,25,30). The van der Waals surface area contributed by atoms with Gasteiger partial charge in [-0.05, 0) is 54.8 Å². The van der Waals surface area contributed by atoms with Gasteiger partial charge in [-0.25, -0.2) is 9.18 Å². The number of rotatable bonds is 3. The van der Waals surface area contributed by atoms with Crippen molar-refractivity contribution in [3.05, 3.63) is 71.0 Å². The molecule has 0 radical (unpaired) electrons. The van der Waals surface area contributed by atoms with Crippen LogP contribution in [0.3, 0.4) is 0 Å². The van der Waals surface area contributed by atoms with E-state index >= 15 is 0 Å². The molecule has 1 spiro atoms. The van der Waals surface area contributed by atoms with E-state index in [0.29, 0.717) is 42.6 Å². The summed E-state index contributed by atoms with van der Waals surface area (Å²) in [6, 6.07) is 13.6. The van der Waals surface area contributed by atoms with E-state index in [1.165, 1.54) is 12.1 Å². The number of hydrogen-bond donors (Lipinski definition) is 1. The van der Waals surface area contributed by atoms with E-state index in [1.807, 2.05) is 6.07 Å². The molecular weight excluding hydrogens is 387 g/mol. The largest absolute Gasteiger partial charge is 0.338 e. The van der Waals surface area contributed by atoms with Crippen molar-refractivity contribution in [3.8, 4) is 6.07 Å². The van der Waals surface area contributed by atoms with Crippen LogP contribution in [-0.4, -0.2) is 46.3 Å². The molecule has 2 heterocycles. The van der Waals surface area contributed by atoms with Crippen molar-refractivity contribution in [2.75, 3.05) is 13.1 Å². The summed E-state index contributed by atoms with van der Waals surface area (Å²) < 4.78 is 13.1. The third-order valence-electron chi connectivity index (χ3n) is 5.67. The minimum atomic E-state index is -1.02. The zero-order valence-electron chi connectivity index (χ0n) is 16.1. The van der Waals surface area contributed by atoms with E-state index in [1.54, 1.807) is 41.3 Å². The van der Waals surface area contributed by atoms with Crippen molar-refractivity contribution in [2.24, 2.45) is 0 Å². The molecule has 2 aromatic carbocycles. The predicted molar refractivity (Wildman–Crippen MR) is 105 cm³/mol. The van der Waals surface area contributed by atoms with Gasteiger partial charge in [-0.3, -0.25) is 14.5 Å². The number of nitriles is 1. The van der Waals surface area contributed by atoms with Gasteiger partial charge in [0.25, 0.3) is 11.8 Å². The molecule has 1 N–H and O–H groups in total. The zero-order chi connectivity index (χ0) is 21.3. The van der Waals surface area contributed by atoms with Crippen molar-refractivity contribution in [3.63, 3.8) is 0 Å². The number of halogens is 1. The van der Waals surface area contributed by atoms with E-state index in [2.05, 4.69) is 5.32 Å². The summed E-state index contributed by atoms with van der Waals surface area (Å²) in [6.45, 7) is 0.727. The summed E-state index contributed by atoms with van der Waals surface area (Å²) in [5, 5.41) is 11.7. The second-order valence-corrected chi connectivity index (χ2v) is 7.51. The minimum absolute atomic E-state index is 0.0700. The lowest BCUT2D eigenvalue weighted by Crippen LogP contribution is -2.55. The van der Waals surface area contributed by atoms with Gasteiger partial charge in [-0.2, -0.15) is 5.26 Å². The first-order chi connectivity index (χ1) is 14.4. The number of likely N-dealkylation sites (tertiary alicyclic amines) is 1. The van der Waals surface area contributed by atoms with Crippen LogP contribution in [-0.2, 0) is 11.3 Å². The molecule has 0 bridgehead atoms. The number of benzene rings is 2. The highest BCUT2D eigenvalue weighted by atomic mass is 19.1. The van der Waals surface area contributed by atoms with E-state index < -0.39 is 11.6 Å². The number of nitrogens with zero attached hydrogens (tertiary/aromatic N) is 3. The fraction of sp³-hybridized carbons (Fsp3) is 0.273. The first-order valence-corrected chi connectivity index (χ1v) is 9.60. The number of hydrogen-bond acceptors (Lipinski definition) is 4. The molecule has 152 valence electrons. The maximum atomic E-state index is 13.1. The normalized spacial score (nSPS) is 17.7. The van der Waals surface area contributed by atoms with Crippen molar-refractivity contribution in [2.45, 2.75) is 24.9 Å². The number of piperidine rings is 1. The highest BCUT2D eigenvalue weighted by Crippen LogP contribution is 2.31. The fourth-order valence-electron chi connectivity index (χ4n) is 3.89. The Hall–Kier alpha value is -3.73. The Bertz CT molecular complexity index is 1040. The van der Waals surface area contributed by atoms with E-state index in [4.69, 9.17) is 5.26 Å². The second kappa shape index (κ2) is 7.59. The summed E-state index contributed by atoms with van der Waals surface area (Å²) in [5.74, 6) is -0.872. The van der Waals surface area contributed by atoms with Crippen LogP contribution < -0.4 is 5.32 Å². The highest BCUT2D eigenvalue weighted by Gasteiger charge is 2.52. The maximum Gasteiger partial charge on any atom is 0.325 e. The smallest absolute Gasteiger partial charge is 0.325 e. The van der Waals surface area contributed by atoms with E-state index in [0.717, 1.165) is 4.90 Å². The van der Waals surface area contributed by atoms with Crippen LogP contribution in [0.1, 0.15) is 34.3 Å². The Balaban J connectivity index is 1.42. The Morgan fingerprint density at radius 2 is 1.70 bits per heavy atom. The summed E-state index contributed by atoms with van der Waals surface area (Å²) in [4.78, 5) is 41.0. The number of amides is 4. The molecule has 4 rings (SSSR count). The Labute approximate surface area is 172 Å². The van der Waals surface area contributed by atoms with Gasteiger partial charge in [-0.15, -0.1) is 0 Å². The van der Waals surface area contributed by atoms with E-state index in [-0.39, 0.29) is 24.2 Å². The first kappa shape index (κ1) is 19.6. The van der Waals surface area contributed by atoms with Gasteiger partial charge < -0.3 is 10.2 Å². The quantitative estimate of drug-likeness (QED) is 0.793. The average Bonchev–Trinajstić information content (AvgIpc) is 2.99. The monoisotopic (exact) mass is 406 g/mol. The Morgan fingerprint density at radius 1 is 1.07 bits per heavy atom. The molecular formula is C22H19FN4O3. The van der Waals surface area contributed by atoms with Crippen molar-refractivity contribution in [1.29, 1.82) is 5.26 Å². The summed E-state index contributed by atoms with van der Waals surface area (Å²) >= 11 is 0. The molecule has 2 aromatic rings. The molecule has 0 unspecified atom stereocenters. The molecule has 7 nitrogen and oxygen atoms in total. The van der Waals surface area contributed by atoms with Crippen LogP contribution >= 0.6 is 0 Å². The Kier molecular flexibility index (Phi) is 4.96. The van der Waals surface area contributed by atoms with Gasteiger partial charge in [0, 0.05) is 18.7 Å². The van der Waals surface area contributed by atoms with Crippen LogP contribution in [0.15, 0.2) is 48.5 Å². The van der Waals surface area contributed by atoms with Crippen LogP contribution in [0.5, 0.6) is 0 Å². The number of carbonyl (C=O) groups excluding carboxylic acids is 3.